The van der Waals surface area contributed by atoms with Crippen LogP contribution in [0.25, 0.3) is 11.1 Å². The Hall–Kier alpha value is -2.88. The van der Waals surface area contributed by atoms with Crippen LogP contribution in [0.15, 0.2) is 54.6 Å². The van der Waals surface area contributed by atoms with E-state index in [-0.39, 0.29) is 5.82 Å². The van der Waals surface area contributed by atoms with Gasteiger partial charge in [0.05, 0.1) is 5.56 Å². The van der Waals surface area contributed by atoms with Gasteiger partial charge >= 0.3 is 0 Å². The molecular weight excluding hydrogens is 363 g/mol. The zero-order valence-corrected chi connectivity index (χ0v) is 17.2. The number of aromatic nitrogens is 1. The van der Waals surface area contributed by atoms with E-state index in [1.807, 2.05) is 49.4 Å². The summed E-state index contributed by atoms with van der Waals surface area (Å²) in [6, 6.07) is 16.8. The Kier molecular flexibility index (Phi) is 6.86. The van der Waals surface area contributed by atoms with Crippen LogP contribution in [-0.4, -0.2) is 10.5 Å². The van der Waals surface area contributed by atoms with Crippen molar-refractivity contribution in [3.8, 4) is 11.1 Å². The molecule has 4 heteroatoms. The number of hydrogen-bond acceptors (Lipinski definition) is 1. The lowest BCUT2D eigenvalue weighted by atomic mass is 9.97. The molecular formula is C25H29FN2O. The number of amides is 1. The number of carbonyl (C=O) groups excluding carboxylic acids is 1. The van der Waals surface area contributed by atoms with Crippen LogP contribution in [0.1, 0.15) is 53.5 Å². The summed E-state index contributed by atoms with van der Waals surface area (Å²) in [6.07, 6.45) is 4.71. The number of hydrogen-bond donors (Lipinski definition) is 1. The maximum atomic E-state index is 14.1. The zero-order valence-electron chi connectivity index (χ0n) is 17.2. The highest BCUT2D eigenvalue weighted by Gasteiger charge is 2.24. The quantitative estimate of drug-likeness (QED) is 0.468. The Bertz CT molecular complexity index is 976. The zero-order chi connectivity index (χ0) is 20.8. The largest absolute Gasteiger partial charge is 0.366 e. The number of nitrogens with zero attached hydrogens (tertiary/aromatic N) is 1. The van der Waals surface area contributed by atoms with E-state index in [0.29, 0.717) is 24.1 Å². The molecule has 2 N–H and O–H groups in total. The fourth-order valence-corrected chi connectivity index (χ4v) is 4.05. The molecule has 1 heterocycles. The molecule has 0 fully saturated rings. The van der Waals surface area contributed by atoms with Gasteiger partial charge in [0, 0.05) is 23.5 Å². The Morgan fingerprint density at radius 2 is 1.69 bits per heavy atom. The van der Waals surface area contributed by atoms with Crippen LogP contribution in [-0.2, 0) is 19.4 Å². The van der Waals surface area contributed by atoms with E-state index in [2.05, 4.69) is 11.5 Å². The first-order valence-corrected chi connectivity index (χ1v) is 10.3. The number of rotatable bonds is 9. The lowest BCUT2D eigenvalue weighted by Crippen LogP contribution is -2.14. The van der Waals surface area contributed by atoms with Gasteiger partial charge in [-0.2, -0.15) is 0 Å². The first-order chi connectivity index (χ1) is 14.0. The Morgan fingerprint density at radius 1 is 1.00 bits per heavy atom. The van der Waals surface area contributed by atoms with Gasteiger partial charge in [0.2, 0.25) is 0 Å². The fraction of sp³-hybridized carbons (Fsp3) is 0.320. The maximum absolute atomic E-state index is 14.1. The van der Waals surface area contributed by atoms with Gasteiger partial charge in [0.15, 0.2) is 0 Å². The topological polar surface area (TPSA) is 48.0 Å². The van der Waals surface area contributed by atoms with Crippen molar-refractivity contribution in [2.75, 3.05) is 0 Å². The Labute approximate surface area is 172 Å². The molecule has 29 heavy (non-hydrogen) atoms. The standard InChI is InChI=1S/C25H29FN2O/c1-3-4-6-15-22-24(20-12-7-5-8-13-20)23(25(27)29)18(2)28(22)17-16-19-11-9-10-14-21(19)26/h5,7-14H,3-4,6,15-17H2,1-2H3,(H2,27,29). The van der Waals surface area contributed by atoms with Crippen LogP contribution in [0.3, 0.4) is 0 Å². The summed E-state index contributed by atoms with van der Waals surface area (Å²) < 4.78 is 16.3. The SMILES string of the molecule is CCCCCc1c(-c2ccccc2)c(C(N)=O)c(C)n1CCc1ccccc1F. The highest BCUT2D eigenvalue weighted by molar-refractivity contribution is 6.02. The van der Waals surface area contributed by atoms with E-state index in [1.54, 1.807) is 6.07 Å². The molecule has 3 aromatic rings. The van der Waals surface area contributed by atoms with Crippen LogP contribution >= 0.6 is 0 Å². The molecule has 0 atom stereocenters. The second-order valence-electron chi connectivity index (χ2n) is 7.46. The summed E-state index contributed by atoms with van der Waals surface area (Å²) in [5.41, 5.74) is 11.0. The molecule has 0 bridgehead atoms. The van der Waals surface area contributed by atoms with E-state index in [9.17, 15) is 9.18 Å². The molecule has 0 aliphatic rings. The Morgan fingerprint density at radius 3 is 2.34 bits per heavy atom. The number of primary amides is 1. The summed E-state index contributed by atoms with van der Waals surface area (Å²) in [5, 5.41) is 0. The lowest BCUT2D eigenvalue weighted by molar-refractivity contribution is 0.1000. The van der Waals surface area contributed by atoms with Crippen molar-refractivity contribution in [2.24, 2.45) is 5.73 Å². The van der Waals surface area contributed by atoms with Crippen molar-refractivity contribution < 1.29 is 9.18 Å². The molecule has 3 nitrogen and oxygen atoms in total. The van der Waals surface area contributed by atoms with E-state index >= 15 is 0 Å². The third-order valence-corrected chi connectivity index (χ3v) is 5.52. The first kappa shape index (κ1) is 20.8. The van der Waals surface area contributed by atoms with E-state index < -0.39 is 5.91 Å². The predicted octanol–water partition coefficient (Wildman–Crippen LogP) is 5.68. The van der Waals surface area contributed by atoms with Crippen molar-refractivity contribution in [1.82, 2.24) is 4.57 Å². The number of unbranched alkanes of at least 4 members (excludes halogenated alkanes) is 2. The van der Waals surface area contributed by atoms with Gasteiger partial charge in [0.25, 0.3) is 5.91 Å². The number of benzene rings is 2. The van der Waals surface area contributed by atoms with Crippen LogP contribution in [0.2, 0.25) is 0 Å². The number of halogens is 1. The third kappa shape index (κ3) is 4.58. The van der Waals surface area contributed by atoms with Gasteiger partial charge in [-0.05, 0) is 43.4 Å². The number of nitrogens with two attached hydrogens (primary N) is 1. The molecule has 3 rings (SSSR count). The highest BCUT2D eigenvalue weighted by atomic mass is 19.1. The van der Waals surface area contributed by atoms with Crippen molar-refractivity contribution in [3.63, 3.8) is 0 Å². The Balaban J connectivity index is 2.08. The summed E-state index contributed by atoms with van der Waals surface area (Å²) in [5.74, 6) is -0.606. The minimum Gasteiger partial charge on any atom is -0.366 e. The molecule has 0 saturated heterocycles. The molecule has 0 unspecified atom stereocenters. The number of carbonyl (C=O) groups is 1. The van der Waals surface area contributed by atoms with Gasteiger partial charge in [-0.25, -0.2) is 4.39 Å². The fourth-order valence-electron chi connectivity index (χ4n) is 4.05. The van der Waals surface area contributed by atoms with Crippen LogP contribution in [0, 0.1) is 12.7 Å². The summed E-state index contributed by atoms with van der Waals surface area (Å²) in [7, 11) is 0. The van der Waals surface area contributed by atoms with Crippen molar-refractivity contribution in [1.29, 1.82) is 0 Å². The molecule has 0 spiro atoms. The van der Waals surface area contributed by atoms with Crippen LogP contribution in [0.4, 0.5) is 4.39 Å². The molecule has 1 amide bonds. The third-order valence-electron chi connectivity index (χ3n) is 5.52. The molecule has 0 aliphatic carbocycles. The smallest absolute Gasteiger partial charge is 0.251 e. The van der Waals surface area contributed by atoms with Crippen LogP contribution < -0.4 is 5.73 Å². The molecule has 0 radical (unpaired) electrons. The maximum Gasteiger partial charge on any atom is 0.251 e. The minimum atomic E-state index is -0.414. The molecule has 0 aliphatic heterocycles. The molecule has 2 aromatic carbocycles. The van der Waals surface area contributed by atoms with Gasteiger partial charge in [-0.3, -0.25) is 4.79 Å². The lowest BCUT2D eigenvalue weighted by Gasteiger charge is -2.14. The van der Waals surface area contributed by atoms with Gasteiger partial charge in [-0.1, -0.05) is 68.3 Å². The summed E-state index contributed by atoms with van der Waals surface area (Å²) in [4.78, 5) is 12.4. The van der Waals surface area contributed by atoms with E-state index in [4.69, 9.17) is 5.73 Å². The summed E-state index contributed by atoms with van der Waals surface area (Å²) in [6.45, 7) is 4.73. The van der Waals surface area contributed by atoms with E-state index in [1.165, 1.54) is 6.07 Å². The average Bonchev–Trinajstić information content (AvgIpc) is 3.00. The van der Waals surface area contributed by atoms with Gasteiger partial charge < -0.3 is 10.3 Å². The van der Waals surface area contributed by atoms with Crippen molar-refractivity contribution >= 4 is 5.91 Å². The second-order valence-corrected chi connectivity index (χ2v) is 7.46. The minimum absolute atomic E-state index is 0.191. The normalized spacial score (nSPS) is 11.0. The monoisotopic (exact) mass is 392 g/mol. The molecule has 1 aromatic heterocycles. The second kappa shape index (κ2) is 9.55. The first-order valence-electron chi connectivity index (χ1n) is 10.3. The van der Waals surface area contributed by atoms with Gasteiger partial charge in [-0.15, -0.1) is 0 Å². The molecule has 0 saturated carbocycles. The highest BCUT2D eigenvalue weighted by Crippen LogP contribution is 2.34. The summed E-state index contributed by atoms with van der Waals surface area (Å²) >= 11 is 0. The van der Waals surface area contributed by atoms with Gasteiger partial charge in [0.1, 0.15) is 5.82 Å². The average molecular weight is 393 g/mol. The van der Waals surface area contributed by atoms with E-state index in [0.717, 1.165) is 48.2 Å². The molecule has 152 valence electrons. The predicted molar refractivity (Wildman–Crippen MR) is 116 cm³/mol. The number of aryl methyl sites for hydroxylation is 1. The van der Waals surface area contributed by atoms with Crippen molar-refractivity contribution in [3.05, 3.63) is 82.9 Å². The van der Waals surface area contributed by atoms with Crippen LogP contribution in [0.5, 0.6) is 0 Å². The van der Waals surface area contributed by atoms with Crippen molar-refractivity contribution in [2.45, 2.75) is 52.5 Å².